The number of primary amides is 1. The van der Waals surface area contributed by atoms with Crippen LogP contribution in [-0.2, 0) is 4.79 Å². The molecule has 7 heteroatoms. The van der Waals surface area contributed by atoms with Crippen LogP contribution in [0.5, 0.6) is 0 Å². The summed E-state index contributed by atoms with van der Waals surface area (Å²) in [5, 5.41) is 2.60. The molecule has 0 bridgehead atoms. The second-order valence-electron chi connectivity index (χ2n) is 8.79. The van der Waals surface area contributed by atoms with Gasteiger partial charge in [-0.25, -0.2) is 0 Å². The van der Waals surface area contributed by atoms with Crippen molar-refractivity contribution in [1.82, 2.24) is 10.2 Å². The monoisotopic (exact) mass is 461 g/mol. The standard InChI is InChI=1S/C25H31N5O2.C2H4/c1-25(2,27)22(23(26)31)28-24(32)20-10-6-18(7-11-20)4-5-19-8-12-21(13-9-19)30-16-14-29(3)15-17-30;1-2/h6-13,22H,14-17,27H2,1-3H3,(H2,26,31)(H,28,32);1-2H2. The zero-order valence-electron chi connectivity index (χ0n) is 20.3. The number of likely N-dealkylation sites (N-methyl/N-ethyl adjacent to an activating group) is 1. The molecule has 0 spiro atoms. The predicted molar refractivity (Wildman–Crippen MR) is 139 cm³/mol. The Hall–Kier alpha value is -3.60. The minimum Gasteiger partial charge on any atom is -0.369 e. The van der Waals surface area contributed by atoms with Crippen LogP contribution in [0.2, 0.25) is 0 Å². The fourth-order valence-electron chi connectivity index (χ4n) is 3.51. The number of benzene rings is 2. The summed E-state index contributed by atoms with van der Waals surface area (Å²) in [6.45, 7) is 13.5. The van der Waals surface area contributed by atoms with Crippen molar-refractivity contribution in [2.75, 3.05) is 38.1 Å². The van der Waals surface area contributed by atoms with E-state index in [-0.39, 0.29) is 0 Å². The third-order valence-corrected chi connectivity index (χ3v) is 5.54. The van der Waals surface area contributed by atoms with Gasteiger partial charge < -0.3 is 26.6 Å². The van der Waals surface area contributed by atoms with E-state index < -0.39 is 23.4 Å². The molecule has 0 radical (unpaired) electrons. The van der Waals surface area contributed by atoms with Gasteiger partial charge in [0.05, 0.1) is 0 Å². The highest BCUT2D eigenvalue weighted by atomic mass is 16.2. The van der Waals surface area contributed by atoms with Crippen LogP contribution in [0, 0.1) is 11.8 Å². The van der Waals surface area contributed by atoms with E-state index in [0.29, 0.717) is 5.56 Å². The van der Waals surface area contributed by atoms with Crippen molar-refractivity contribution in [3.05, 3.63) is 78.4 Å². The Morgan fingerprint density at radius 2 is 1.41 bits per heavy atom. The largest absolute Gasteiger partial charge is 0.369 e. The zero-order chi connectivity index (χ0) is 25.3. The third kappa shape index (κ3) is 7.48. The Bertz CT molecular complexity index is 1020. The fourth-order valence-corrected chi connectivity index (χ4v) is 3.51. The molecule has 0 aliphatic carbocycles. The lowest BCUT2D eigenvalue weighted by molar-refractivity contribution is -0.121. The lowest BCUT2D eigenvalue weighted by Gasteiger charge is -2.34. The van der Waals surface area contributed by atoms with Gasteiger partial charge in [-0.1, -0.05) is 11.8 Å². The van der Waals surface area contributed by atoms with Gasteiger partial charge in [0.15, 0.2) is 0 Å². The van der Waals surface area contributed by atoms with Crippen LogP contribution in [0.25, 0.3) is 0 Å². The summed E-state index contributed by atoms with van der Waals surface area (Å²) < 4.78 is 0. The zero-order valence-corrected chi connectivity index (χ0v) is 20.3. The van der Waals surface area contributed by atoms with E-state index in [4.69, 9.17) is 11.5 Å². The highest BCUT2D eigenvalue weighted by Gasteiger charge is 2.31. The van der Waals surface area contributed by atoms with E-state index in [1.165, 1.54) is 5.69 Å². The number of rotatable bonds is 5. The molecule has 1 unspecified atom stereocenters. The molecule has 2 aromatic rings. The molecule has 1 aliphatic rings. The Morgan fingerprint density at radius 1 is 0.941 bits per heavy atom. The first-order chi connectivity index (χ1) is 16.1. The van der Waals surface area contributed by atoms with Crippen molar-refractivity contribution in [3.8, 4) is 11.8 Å². The molecule has 0 saturated carbocycles. The second-order valence-corrected chi connectivity index (χ2v) is 8.79. The van der Waals surface area contributed by atoms with Gasteiger partial charge in [-0.15, -0.1) is 13.2 Å². The van der Waals surface area contributed by atoms with Crippen LogP contribution in [0.15, 0.2) is 61.7 Å². The van der Waals surface area contributed by atoms with Gasteiger partial charge in [0, 0.05) is 54.1 Å². The number of anilines is 1. The van der Waals surface area contributed by atoms with Gasteiger partial charge >= 0.3 is 0 Å². The number of piperazine rings is 1. The first kappa shape index (κ1) is 26.7. The molecule has 1 aliphatic heterocycles. The molecular formula is C27H35N5O2. The Kier molecular flexibility index (Phi) is 9.43. The quantitative estimate of drug-likeness (QED) is 0.466. The van der Waals surface area contributed by atoms with Gasteiger partial charge in [-0.05, 0) is 69.4 Å². The fraction of sp³-hybridized carbons (Fsp3) is 0.333. The van der Waals surface area contributed by atoms with E-state index in [9.17, 15) is 9.59 Å². The summed E-state index contributed by atoms with van der Waals surface area (Å²) in [5.41, 5.74) is 13.7. The number of carbonyl (C=O) groups is 2. The van der Waals surface area contributed by atoms with Crippen LogP contribution in [-0.4, -0.2) is 61.5 Å². The van der Waals surface area contributed by atoms with E-state index in [1.54, 1.807) is 38.1 Å². The minimum absolute atomic E-state index is 0.405. The van der Waals surface area contributed by atoms with Crippen LogP contribution < -0.4 is 21.7 Å². The highest BCUT2D eigenvalue weighted by molar-refractivity contribution is 5.97. The Labute approximate surface area is 202 Å². The maximum absolute atomic E-state index is 12.5. The molecule has 7 nitrogen and oxygen atoms in total. The van der Waals surface area contributed by atoms with Crippen molar-refractivity contribution in [2.45, 2.75) is 25.4 Å². The van der Waals surface area contributed by atoms with Gasteiger partial charge in [-0.3, -0.25) is 9.59 Å². The number of hydrogen-bond donors (Lipinski definition) is 3. The number of nitrogens with two attached hydrogens (primary N) is 2. The van der Waals surface area contributed by atoms with Gasteiger partial charge in [0.2, 0.25) is 5.91 Å². The van der Waals surface area contributed by atoms with Gasteiger partial charge in [-0.2, -0.15) is 0 Å². The summed E-state index contributed by atoms with van der Waals surface area (Å²) in [4.78, 5) is 28.8. The molecule has 1 fully saturated rings. The molecule has 1 atom stereocenters. The summed E-state index contributed by atoms with van der Waals surface area (Å²) in [7, 11) is 2.15. The molecule has 34 heavy (non-hydrogen) atoms. The SMILES string of the molecule is C=C.CN1CCN(c2ccc(C#Cc3ccc(C(=O)NC(C(N)=O)C(C)(C)N)cc3)cc2)CC1. The smallest absolute Gasteiger partial charge is 0.251 e. The second kappa shape index (κ2) is 12.0. The summed E-state index contributed by atoms with van der Waals surface area (Å²) >= 11 is 0. The van der Waals surface area contributed by atoms with Crippen LogP contribution in [0.4, 0.5) is 5.69 Å². The Morgan fingerprint density at radius 3 is 1.85 bits per heavy atom. The Balaban J connectivity index is 0.00000199. The summed E-state index contributed by atoms with van der Waals surface area (Å²) in [6, 6.07) is 14.2. The van der Waals surface area contributed by atoms with E-state index in [1.807, 2.05) is 12.1 Å². The van der Waals surface area contributed by atoms with E-state index >= 15 is 0 Å². The van der Waals surface area contributed by atoms with Gasteiger partial charge in [0.1, 0.15) is 6.04 Å². The minimum atomic E-state index is -0.969. The number of amides is 2. The van der Waals surface area contributed by atoms with Crippen LogP contribution in [0.3, 0.4) is 0 Å². The number of hydrogen-bond acceptors (Lipinski definition) is 5. The highest BCUT2D eigenvalue weighted by Crippen LogP contribution is 2.17. The first-order valence-electron chi connectivity index (χ1n) is 11.2. The maximum Gasteiger partial charge on any atom is 0.251 e. The molecule has 180 valence electrons. The predicted octanol–water partition coefficient (Wildman–Crippen LogP) is 1.96. The van der Waals surface area contributed by atoms with Crippen molar-refractivity contribution >= 4 is 17.5 Å². The topological polar surface area (TPSA) is 105 Å². The average molecular weight is 462 g/mol. The van der Waals surface area contributed by atoms with E-state index in [0.717, 1.165) is 37.3 Å². The van der Waals surface area contributed by atoms with Crippen molar-refractivity contribution in [2.24, 2.45) is 11.5 Å². The molecule has 5 N–H and O–H groups in total. The van der Waals surface area contributed by atoms with Crippen LogP contribution in [0.1, 0.15) is 35.3 Å². The summed E-state index contributed by atoms with van der Waals surface area (Å²) in [6.07, 6.45) is 0. The van der Waals surface area contributed by atoms with E-state index in [2.05, 4.69) is 59.3 Å². The number of carbonyl (C=O) groups excluding carboxylic acids is 2. The number of nitrogens with zero attached hydrogens (tertiary/aromatic N) is 2. The first-order valence-corrected chi connectivity index (χ1v) is 11.2. The molecule has 3 rings (SSSR count). The molecular weight excluding hydrogens is 426 g/mol. The molecule has 0 aromatic heterocycles. The van der Waals surface area contributed by atoms with Crippen LogP contribution >= 0.6 is 0 Å². The molecule has 2 amide bonds. The van der Waals surface area contributed by atoms with Gasteiger partial charge in [0.25, 0.3) is 5.91 Å². The average Bonchev–Trinajstić information content (AvgIpc) is 2.82. The summed E-state index contributed by atoms with van der Waals surface area (Å²) in [5.74, 6) is 5.19. The third-order valence-electron chi connectivity index (χ3n) is 5.54. The lowest BCUT2D eigenvalue weighted by Crippen LogP contribution is -2.60. The maximum atomic E-state index is 12.5. The molecule has 1 saturated heterocycles. The lowest BCUT2D eigenvalue weighted by atomic mass is 9.95. The normalized spacial score (nSPS) is 14.6. The molecule has 2 aromatic carbocycles. The van der Waals surface area contributed by atoms with Crippen molar-refractivity contribution in [3.63, 3.8) is 0 Å². The van der Waals surface area contributed by atoms with Crippen molar-refractivity contribution in [1.29, 1.82) is 0 Å². The van der Waals surface area contributed by atoms with Crippen molar-refractivity contribution < 1.29 is 9.59 Å². The number of nitrogens with one attached hydrogen (secondary N) is 1. The molecule has 1 heterocycles.